The number of aliphatic hydroxyl groups is 1. The van der Waals surface area contributed by atoms with Crippen molar-refractivity contribution in [3.63, 3.8) is 0 Å². The van der Waals surface area contributed by atoms with Crippen LogP contribution < -0.4 is 0 Å². The minimum absolute atomic E-state index is 0.197. The lowest BCUT2D eigenvalue weighted by Gasteiger charge is -2.37. The van der Waals surface area contributed by atoms with E-state index in [0.29, 0.717) is 18.8 Å². The van der Waals surface area contributed by atoms with Crippen LogP contribution in [-0.4, -0.2) is 37.8 Å². The Morgan fingerprint density at radius 1 is 1.57 bits per heavy atom. The Kier molecular flexibility index (Phi) is 2.51. The Morgan fingerprint density at radius 2 is 2.36 bits per heavy atom. The fraction of sp³-hybridized carbons (Fsp3) is 0.800. The first-order valence-electron chi connectivity index (χ1n) is 4.86. The van der Waals surface area contributed by atoms with Gasteiger partial charge in [0.1, 0.15) is 0 Å². The molecule has 0 aromatic carbocycles. The summed E-state index contributed by atoms with van der Waals surface area (Å²) in [6, 6.07) is 0. The van der Waals surface area contributed by atoms with E-state index >= 15 is 0 Å². The molecule has 2 rings (SSSR count). The van der Waals surface area contributed by atoms with Gasteiger partial charge in [-0.15, -0.1) is 0 Å². The maximum absolute atomic E-state index is 9.60. The molecule has 14 heavy (non-hydrogen) atoms. The molecule has 4 nitrogen and oxygen atoms in total. The lowest BCUT2D eigenvalue weighted by atomic mass is 9.85. The predicted octanol–water partition coefficient (Wildman–Crippen LogP) is 0.660. The van der Waals surface area contributed by atoms with Gasteiger partial charge in [-0.05, 0) is 18.9 Å². The molecule has 0 radical (unpaired) electrons. The molecule has 0 saturated carbocycles. The highest BCUT2D eigenvalue weighted by atomic mass is 16.7. The van der Waals surface area contributed by atoms with Crippen molar-refractivity contribution in [1.29, 1.82) is 0 Å². The average molecular weight is 200 g/mol. The van der Waals surface area contributed by atoms with E-state index in [1.807, 2.05) is 0 Å². The van der Waals surface area contributed by atoms with E-state index < -0.39 is 11.9 Å². The largest absolute Gasteiger partial charge is 0.496 e. The molecule has 1 aliphatic heterocycles. The summed E-state index contributed by atoms with van der Waals surface area (Å²) in [4.78, 5) is 0. The first-order chi connectivity index (χ1) is 6.73. The maximum Gasteiger partial charge on any atom is 0.230 e. The van der Waals surface area contributed by atoms with Crippen LogP contribution in [0.1, 0.15) is 12.8 Å². The van der Waals surface area contributed by atoms with Crippen LogP contribution in [0.2, 0.25) is 0 Å². The highest BCUT2D eigenvalue weighted by molar-refractivity contribution is 5.17. The maximum atomic E-state index is 9.60. The van der Waals surface area contributed by atoms with Crippen molar-refractivity contribution >= 4 is 0 Å². The number of methoxy groups -OCH3 is 2. The number of hydrogen-bond donors (Lipinski definition) is 1. The fourth-order valence-electron chi connectivity index (χ4n) is 2.39. The normalized spacial score (nSPS) is 41.8. The third-order valence-corrected chi connectivity index (χ3v) is 3.06. The van der Waals surface area contributed by atoms with Crippen LogP contribution in [-0.2, 0) is 14.2 Å². The highest BCUT2D eigenvalue weighted by Crippen LogP contribution is 2.44. The van der Waals surface area contributed by atoms with E-state index in [1.165, 1.54) is 0 Å². The third-order valence-electron chi connectivity index (χ3n) is 3.06. The number of aliphatic hydroxyl groups excluding tert-OH is 1. The molecule has 0 aromatic rings. The van der Waals surface area contributed by atoms with Gasteiger partial charge in [0.05, 0.1) is 19.8 Å². The highest BCUT2D eigenvalue weighted by Gasteiger charge is 2.52. The van der Waals surface area contributed by atoms with Crippen LogP contribution in [0, 0.1) is 5.92 Å². The van der Waals surface area contributed by atoms with Crippen molar-refractivity contribution in [2.45, 2.75) is 24.7 Å². The second-order valence-corrected chi connectivity index (χ2v) is 3.74. The number of ether oxygens (including phenoxy) is 3. The summed E-state index contributed by atoms with van der Waals surface area (Å²) >= 11 is 0. The van der Waals surface area contributed by atoms with Crippen LogP contribution in [0.15, 0.2) is 11.8 Å². The molecule has 1 saturated heterocycles. The van der Waals surface area contributed by atoms with Crippen LogP contribution in [0.3, 0.4) is 0 Å². The third kappa shape index (κ3) is 1.26. The van der Waals surface area contributed by atoms with Crippen LogP contribution >= 0.6 is 0 Å². The van der Waals surface area contributed by atoms with Crippen LogP contribution in [0.4, 0.5) is 0 Å². The SMILES string of the molecule is COC1=C[C@H](O)C[C@H]2CCO[C@]12OC. The standard InChI is InChI=1S/C10H16O4/c1-12-9-6-8(11)5-7-3-4-14-10(7,9)13-2/h6-8,11H,3-5H2,1-2H3/t7-,8-,10+/m1/s1. The first kappa shape index (κ1) is 9.96. The Labute approximate surface area is 83.5 Å². The summed E-state index contributed by atoms with van der Waals surface area (Å²) < 4.78 is 16.3. The minimum atomic E-state index is -0.742. The molecule has 4 heteroatoms. The van der Waals surface area contributed by atoms with Gasteiger partial charge in [-0.2, -0.15) is 0 Å². The second-order valence-electron chi connectivity index (χ2n) is 3.74. The zero-order valence-electron chi connectivity index (χ0n) is 8.53. The molecular weight excluding hydrogens is 184 g/mol. The summed E-state index contributed by atoms with van der Waals surface area (Å²) in [7, 11) is 3.19. The Balaban J connectivity index is 2.34. The van der Waals surface area contributed by atoms with Gasteiger partial charge >= 0.3 is 0 Å². The molecule has 1 aliphatic carbocycles. The average Bonchev–Trinajstić information content (AvgIpc) is 2.60. The van der Waals surface area contributed by atoms with Gasteiger partial charge < -0.3 is 19.3 Å². The molecule has 2 aliphatic rings. The monoisotopic (exact) mass is 200 g/mol. The van der Waals surface area contributed by atoms with Gasteiger partial charge in [0.15, 0.2) is 5.76 Å². The van der Waals surface area contributed by atoms with Gasteiger partial charge in [0, 0.05) is 13.0 Å². The van der Waals surface area contributed by atoms with Crippen LogP contribution in [0.25, 0.3) is 0 Å². The number of hydrogen-bond acceptors (Lipinski definition) is 4. The van der Waals surface area contributed by atoms with Crippen molar-refractivity contribution in [2.24, 2.45) is 5.92 Å². The summed E-state index contributed by atoms with van der Waals surface area (Å²) in [6.45, 7) is 0.659. The predicted molar refractivity (Wildman–Crippen MR) is 49.5 cm³/mol. The minimum Gasteiger partial charge on any atom is -0.496 e. The molecule has 0 bridgehead atoms. The summed E-state index contributed by atoms with van der Waals surface area (Å²) in [6.07, 6.45) is 2.82. The van der Waals surface area contributed by atoms with E-state index in [1.54, 1.807) is 20.3 Å². The molecule has 1 fully saturated rings. The smallest absolute Gasteiger partial charge is 0.230 e. The van der Waals surface area contributed by atoms with Crippen molar-refractivity contribution in [3.05, 3.63) is 11.8 Å². The number of rotatable bonds is 2. The molecular formula is C10H16O4. The van der Waals surface area contributed by atoms with E-state index in [2.05, 4.69) is 0 Å². The van der Waals surface area contributed by atoms with Crippen molar-refractivity contribution in [1.82, 2.24) is 0 Å². The van der Waals surface area contributed by atoms with Crippen molar-refractivity contribution in [2.75, 3.05) is 20.8 Å². The van der Waals surface area contributed by atoms with Crippen molar-refractivity contribution in [3.8, 4) is 0 Å². The quantitative estimate of drug-likeness (QED) is 0.711. The Morgan fingerprint density at radius 3 is 3.00 bits per heavy atom. The van der Waals surface area contributed by atoms with Crippen LogP contribution in [0.5, 0.6) is 0 Å². The summed E-state index contributed by atoms with van der Waals surface area (Å²) in [5, 5.41) is 9.60. The van der Waals surface area contributed by atoms with E-state index in [0.717, 1.165) is 6.42 Å². The topological polar surface area (TPSA) is 47.9 Å². The Hall–Kier alpha value is -0.580. The molecule has 1 heterocycles. The van der Waals surface area contributed by atoms with Crippen molar-refractivity contribution < 1.29 is 19.3 Å². The molecule has 80 valence electrons. The lowest BCUT2D eigenvalue weighted by molar-refractivity contribution is -0.217. The molecule has 0 unspecified atom stereocenters. The van der Waals surface area contributed by atoms with Gasteiger partial charge in [-0.3, -0.25) is 0 Å². The van der Waals surface area contributed by atoms with E-state index in [9.17, 15) is 5.11 Å². The number of fused-ring (bicyclic) bond motifs is 1. The zero-order chi connectivity index (χ0) is 10.2. The lowest BCUT2D eigenvalue weighted by Crippen LogP contribution is -2.44. The van der Waals surface area contributed by atoms with Gasteiger partial charge in [-0.1, -0.05) is 0 Å². The second kappa shape index (κ2) is 3.53. The fourth-order valence-corrected chi connectivity index (χ4v) is 2.39. The zero-order valence-corrected chi connectivity index (χ0v) is 8.53. The van der Waals surface area contributed by atoms with Gasteiger partial charge in [0.25, 0.3) is 0 Å². The van der Waals surface area contributed by atoms with E-state index in [-0.39, 0.29) is 5.92 Å². The molecule has 3 atom stereocenters. The van der Waals surface area contributed by atoms with Gasteiger partial charge in [0.2, 0.25) is 5.79 Å². The van der Waals surface area contributed by atoms with E-state index in [4.69, 9.17) is 14.2 Å². The molecule has 0 amide bonds. The first-order valence-corrected chi connectivity index (χ1v) is 4.86. The summed E-state index contributed by atoms with van der Waals surface area (Å²) in [5.41, 5.74) is 0. The Bertz CT molecular complexity index is 251. The molecule has 1 N–H and O–H groups in total. The molecule has 0 spiro atoms. The summed E-state index contributed by atoms with van der Waals surface area (Å²) in [5.74, 6) is 0.0530. The molecule has 0 aromatic heterocycles. The van der Waals surface area contributed by atoms with Gasteiger partial charge in [-0.25, -0.2) is 0 Å².